The maximum atomic E-state index is 11.5. The molecule has 0 fully saturated rings. The highest BCUT2D eigenvalue weighted by molar-refractivity contribution is 5.91. The van der Waals surface area contributed by atoms with Crippen molar-refractivity contribution in [1.82, 2.24) is 24.5 Å². The zero-order chi connectivity index (χ0) is 14.1. The Balaban J connectivity index is 2.14. The molecular weight excluding hydrogens is 258 g/mol. The van der Waals surface area contributed by atoms with Gasteiger partial charge in [0.15, 0.2) is 11.5 Å². The Kier molecular flexibility index (Phi) is 2.96. The summed E-state index contributed by atoms with van der Waals surface area (Å²) in [5, 5.41) is 16.2. The van der Waals surface area contributed by atoms with Crippen LogP contribution in [0.5, 0.6) is 0 Å². The van der Waals surface area contributed by atoms with E-state index in [-0.39, 0.29) is 12.5 Å². The van der Waals surface area contributed by atoms with Crippen molar-refractivity contribution in [2.45, 2.75) is 6.61 Å². The molecule has 2 N–H and O–H groups in total. The summed E-state index contributed by atoms with van der Waals surface area (Å²) in [7, 11) is 1.55. The number of aliphatic hydroxyl groups is 1. The van der Waals surface area contributed by atoms with Gasteiger partial charge >= 0.3 is 0 Å². The molecule has 3 rings (SSSR count). The molecule has 0 spiro atoms. The lowest BCUT2D eigenvalue weighted by molar-refractivity contribution is 0.0957. The van der Waals surface area contributed by atoms with Crippen LogP contribution in [0.1, 0.15) is 16.2 Å². The molecule has 1 amide bonds. The SMILES string of the molecule is CNC(=O)c1ccn(-c2nc3ccccn3c2CO)n1. The second kappa shape index (κ2) is 4.78. The van der Waals surface area contributed by atoms with Gasteiger partial charge in [0.2, 0.25) is 0 Å². The van der Waals surface area contributed by atoms with Crippen molar-refractivity contribution in [2.24, 2.45) is 0 Å². The monoisotopic (exact) mass is 271 g/mol. The Bertz CT molecular complexity index is 774. The summed E-state index contributed by atoms with van der Waals surface area (Å²) >= 11 is 0. The molecule has 3 heterocycles. The van der Waals surface area contributed by atoms with Gasteiger partial charge in [-0.2, -0.15) is 5.10 Å². The zero-order valence-corrected chi connectivity index (χ0v) is 10.8. The minimum Gasteiger partial charge on any atom is -0.390 e. The summed E-state index contributed by atoms with van der Waals surface area (Å²) < 4.78 is 3.28. The number of rotatable bonds is 3. The number of carbonyl (C=O) groups is 1. The first-order valence-electron chi connectivity index (χ1n) is 6.09. The number of fused-ring (bicyclic) bond motifs is 1. The fraction of sp³-hybridized carbons (Fsp3) is 0.154. The van der Waals surface area contributed by atoms with Gasteiger partial charge in [-0.05, 0) is 18.2 Å². The molecule has 20 heavy (non-hydrogen) atoms. The summed E-state index contributed by atoms with van der Waals surface area (Å²) in [6, 6.07) is 7.17. The molecule has 0 aliphatic heterocycles. The Hall–Kier alpha value is -2.67. The number of pyridine rings is 1. The average Bonchev–Trinajstić information content (AvgIpc) is 3.10. The highest BCUT2D eigenvalue weighted by Gasteiger charge is 2.15. The number of imidazole rings is 1. The highest BCUT2D eigenvalue weighted by Crippen LogP contribution is 2.16. The van der Waals surface area contributed by atoms with Crippen molar-refractivity contribution in [2.75, 3.05) is 7.05 Å². The van der Waals surface area contributed by atoms with Gasteiger partial charge in [-0.1, -0.05) is 6.07 Å². The molecule has 0 saturated heterocycles. The van der Waals surface area contributed by atoms with E-state index >= 15 is 0 Å². The average molecular weight is 271 g/mol. The van der Waals surface area contributed by atoms with Crippen LogP contribution in [0, 0.1) is 0 Å². The molecule has 0 unspecified atom stereocenters. The maximum Gasteiger partial charge on any atom is 0.271 e. The van der Waals surface area contributed by atoms with Crippen molar-refractivity contribution >= 4 is 11.6 Å². The van der Waals surface area contributed by atoms with Gasteiger partial charge in [-0.15, -0.1) is 0 Å². The summed E-state index contributed by atoms with van der Waals surface area (Å²) in [6.07, 6.45) is 3.46. The molecule has 3 aromatic rings. The van der Waals surface area contributed by atoms with Gasteiger partial charge < -0.3 is 10.4 Å². The first-order chi connectivity index (χ1) is 9.74. The molecule has 0 bridgehead atoms. The third kappa shape index (κ3) is 1.84. The molecular formula is C13H13N5O2. The fourth-order valence-corrected chi connectivity index (χ4v) is 2.06. The van der Waals surface area contributed by atoms with Crippen LogP contribution in [0.3, 0.4) is 0 Å². The lowest BCUT2D eigenvalue weighted by Crippen LogP contribution is -2.18. The summed E-state index contributed by atoms with van der Waals surface area (Å²) in [5.74, 6) is 0.243. The second-order valence-electron chi connectivity index (χ2n) is 4.19. The molecule has 7 heteroatoms. The van der Waals surface area contributed by atoms with Crippen molar-refractivity contribution in [3.8, 4) is 5.82 Å². The fourth-order valence-electron chi connectivity index (χ4n) is 2.06. The zero-order valence-electron chi connectivity index (χ0n) is 10.8. The predicted molar refractivity (Wildman–Crippen MR) is 71.6 cm³/mol. The van der Waals surface area contributed by atoms with E-state index in [1.165, 1.54) is 4.68 Å². The van der Waals surface area contributed by atoms with Crippen LogP contribution in [-0.2, 0) is 6.61 Å². The molecule has 0 saturated carbocycles. The van der Waals surface area contributed by atoms with E-state index in [1.54, 1.807) is 23.7 Å². The van der Waals surface area contributed by atoms with E-state index in [4.69, 9.17) is 0 Å². The van der Waals surface area contributed by atoms with Gasteiger partial charge in [0.05, 0.1) is 12.3 Å². The number of carbonyl (C=O) groups excluding carboxylic acids is 1. The Morgan fingerprint density at radius 1 is 1.35 bits per heavy atom. The molecule has 0 atom stereocenters. The number of nitrogens with zero attached hydrogens (tertiary/aromatic N) is 4. The molecule has 7 nitrogen and oxygen atoms in total. The van der Waals surface area contributed by atoms with Crippen molar-refractivity contribution < 1.29 is 9.90 Å². The predicted octanol–water partition coefficient (Wildman–Crippen LogP) is 0.372. The Morgan fingerprint density at radius 2 is 2.20 bits per heavy atom. The van der Waals surface area contributed by atoms with E-state index < -0.39 is 0 Å². The molecule has 0 aliphatic rings. The van der Waals surface area contributed by atoms with Crippen LogP contribution in [0.25, 0.3) is 11.5 Å². The van der Waals surface area contributed by atoms with E-state index in [0.717, 1.165) is 0 Å². The van der Waals surface area contributed by atoms with E-state index in [1.807, 2.05) is 24.4 Å². The standard InChI is InChI=1S/C13H13N5O2/c1-14-13(20)9-5-7-18(16-9)12-10(8-19)17-6-3-2-4-11(17)15-12/h2-7,19H,8H2,1H3,(H,14,20). The van der Waals surface area contributed by atoms with Crippen molar-refractivity contribution in [3.63, 3.8) is 0 Å². The lowest BCUT2D eigenvalue weighted by Gasteiger charge is -2.01. The lowest BCUT2D eigenvalue weighted by atomic mass is 10.4. The number of hydrogen-bond donors (Lipinski definition) is 2. The number of aromatic nitrogens is 4. The number of hydrogen-bond acceptors (Lipinski definition) is 4. The maximum absolute atomic E-state index is 11.5. The highest BCUT2D eigenvalue weighted by atomic mass is 16.3. The van der Waals surface area contributed by atoms with Gasteiger partial charge in [0, 0.05) is 19.4 Å². The van der Waals surface area contributed by atoms with E-state index in [2.05, 4.69) is 15.4 Å². The van der Waals surface area contributed by atoms with Gasteiger partial charge in [0.1, 0.15) is 5.65 Å². The van der Waals surface area contributed by atoms with Crippen LogP contribution in [-0.4, -0.2) is 37.2 Å². The molecule has 0 radical (unpaired) electrons. The third-order valence-electron chi connectivity index (χ3n) is 3.02. The normalized spacial score (nSPS) is 10.9. The Labute approximate surface area is 114 Å². The third-order valence-corrected chi connectivity index (χ3v) is 3.02. The van der Waals surface area contributed by atoms with E-state index in [9.17, 15) is 9.90 Å². The minimum atomic E-state index is -0.266. The van der Waals surface area contributed by atoms with Crippen LogP contribution >= 0.6 is 0 Å². The van der Waals surface area contributed by atoms with E-state index in [0.29, 0.717) is 22.9 Å². The smallest absolute Gasteiger partial charge is 0.271 e. The number of nitrogens with one attached hydrogen (secondary N) is 1. The minimum absolute atomic E-state index is 0.171. The van der Waals surface area contributed by atoms with Crippen molar-refractivity contribution in [3.05, 3.63) is 48.0 Å². The van der Waals surface area contributed by atoms with Crippen LogP contribution in [0.4, 0.5) is 0 Å². The van der Waals surface area contributed by atoms with Crippen molar-refractivity contribution in [1.29, 1.82) is 0 Å². The van der Waals surface area contributed by atoms with Crippen LogP contribution in [0.2, 0.25) is 0 Å². The largest absolute Gasteiger partial charge is 0.390 e. The quantitative estimate of drug-likeness (QED) is 0.721. The Morgan fingerprint density at radius 3 is 2.95 bits per heavy atom. The molecule has 0 aliphatic carbocycles. The summed E-state index contributed by atoms with van der Waals surface area (Å²) in [4.78, 5) is 15.9. The number of amides is 1. The van der Waals surface area contributed by atoms with Crippen LogP contribution < -0.4 is 5.32 Å². The first kappa shape index (κ1) is 12.4. The van der Waals surface area contributed by atoms with Gasteiger partial charge in [-0.25, -0.2) is 9.67 Å². The summed E-state index contributed by atoms with van der Waals surface area (Å²) in [6.45, 7) is -0.171. The molecule has 0 aromatic carbocycles. The second-order valence-corrected chi connectivity index (χ2v) is 4.19. The topological polar surface area (TPSA) is 84.5 Å². The number of aliphatic hydroxyl groups excluding tert-OH is 1. The van der Waals surface area contributed by atoms with Gasteiger partial charge in [-0.3, -0.25) is 9.20 Å². The van der Waals surface area contributed by atoms with Crippen LogP contribution in [0.15, 0.2) is 36.7 Å². The molecule has 102 valence electrons. The summed E-state index contributed by atoms with van der Waals surface area (Å²) in [5.41, 5.74) is 1.63. The van der Waals surface area contributed by atoms with Gasteiger partial charge in [0.25, 0.3) is 5.91 Å². The molecule has 3 aromatic heterocycles. The first-order valence-corrected chi connectivity index (χ1v) is 6.09.